The Kier molecular flexibility index (Phi) is 4.92. The van der Waals surface area contributed by atoms with Crippen LogP contribution in [0.3, 0.4) is 0 Å². The summed E-state index contributed by atoms with van der Waals surface area (Å²) in [6.07, 6.45) is 1.42. The van der Waals surface area contributed by atoms with Crippen LogP contribution in [-0.2, 0) is 11.2 Å². The second kappa shape index (κ2) is 6.67. The van der Waals surface area contributed by atoms with Crippen LogP contribution in [0, 0.1) is 0 Å². The average molecular weight is 280 g/mol. The SMILES string of the molecule is CCCc1cc(C(=O)O)cc(N2CCOC(CO)C2)n1. The van der Waals surface area contributed by atoms with Gasteiger partial charge in [0.2, 0.25) is 0 Å². The highest BCUT2D eigenvalue weighted by atomic mass is 16.5. The number of morpholine rings is 1. The third kappa shape index (κ3) is 3.46. The lowest BCUT2D eigenvalue weighted by Gasteiger charge is -2.33. The topological polar surface area (TPSA) is 82.9 Å². The maximum absolute atomic E-state index is 11.2. The van der Waals surface area contributed by atoms with Gasteiger partial charge in [-0.2, -0.15) is 0 Å². The predicted octanol–water partition coefficient (Wildman–Crippen LogP) is 0.930. The molecule has 0 aliphatic carbocycles. The van der Waals surface area contributed by atoms with E-state index in [9.17, 15) is 15.0 Å². The maximum atomic E-state index is 11.2. The average Bonchev–Trinajstić information content (AvgIpc) is 2.47. The van der Waals surface area contributed by atoms with Gasteiger partial charge in [0.15, 0.2) is 0 Å². The molecule has 110 valence electrons. The number of hydrogen-bond acceptors (Lipinski definition) is 5. The van der Waals surface area contributed by atoms with Gasteiger partial charge in [-0.15, -0.1) is 0 Å². The molecular weight excluding hydrogens is 260 g/mol. The molecule has 1 atom stereocenters. The van der Waals surface area contributed by atoms with Crippen LogP contribution in [0.25, 0.3) is 0 Å². The summed E-state index contributed by atoms with van der Waals surface area (Å²) in [6.45, 7) is 3.67. The monoisotopic (exact) mass is 280 g/mol. The van der Waals surface area contributed by atoms with Crippen molar-refractivity contribution in [3.63, 3.8) is 0 Å². The number of anilines is 1. The van der Waals surface area contributed by atoms with Crippen LogP contribution in [0.15, 0.2) is 12.1 Å². The summed E-state index contributed by atoms with van der Waals surface area (Å²) in [5.74, 6) is -0.298. The smallest absolute Gasteiger partial charge is 0.335 e. The number of aliphatic hydroxyl groups excluding tert-OH is 1. The second-order valence-electron chi connectivity index (χ2n) is 4.88. The van der Waals surface area contributed by atoms with Gasteiger partial charge in [-0.3, -0.25) is 0 Å². The molecule has 1 fully saturated rings. The normalized spacial score (nSPS) is 19.1. The van der Waals surface area contributed by atoms with Crippen LogP contribution >= 0.6 is 0 Å². The Labute approximate surface area is 118 Å². The van der Waals surface area contributed by atoms with E-state index in [1.54, 1.807) is 12.1 Å². The molecule has 1 aliphatic rings. The highest BCUT2D eigenvalue weighted by Gasteiger charge is 2.22. The van der Waals surface area contributed by atoms with E-state index in [0.29, 0.717) is 25.5 Å². The highest BCUT2D eigenvalue weighted by Crippen LogP contribution is 2.19. The summed E-state index contributed by atoms with van der Waals surface area (Å²) in [5, 5.41) is 18.4. The van der Waals surface area contributed by atoms with Crippen molar-refractivity contribution in [1.29, 1.82) is 0 Å². The molecule has 6 nitrogen and oxygen atoms in total. The van der Waals surface area contributed by atoms with Crippen molar-refractivity contribution < 1.29 is 19.7 Å². The molecule has 2 heterocycles. The lowest BCUT2D eigenvalue weighted by atomic mass is 10.1. The van der Waals surface area contributed by atoms with E-state index in [-0.39, 0.29) is 18.3 Å². The molecule has 20 heavy (non-hydrogen) atoms. The van der Waals surface area contributed by atoms with E-state index in [1.165, 1.54) is 0 Å². The van der Waals surface area contributed by atoms with Crippen LogP contribution in [-0.4, -0.2) is 53.6 Å². The molecule has 0 bridgehead atoms. The van der Waals surface area contributed by atoms with E-state index in [1.807, 2.05) is 11.8 Å². The fourth-order valence-corrected chi connectivity index (χ4v) is 2.28. The Morgan fingerprint density at radius 1 is 1.55 bits per heavy atom. The third-order valence-corrected chi connectivity index (χ3v) is 3.28. The number of aliphatic hydroxyl groups is 1. The van der Waals surface area contributed by atoms with E-state index < -0.39 is 5.97 Å². The summed E-state index contributed by atoms with van der Waals surface area (Å²) >= 11 is 0. The van der Waals surface area contributed by atoms with Gasteiger partial charge in [-0.1, -0.05) is 13.3 Å². The molecule has 1 unspecified atom stereocenters. The summed E-state index contributed by atoms with van der Waals surface area (Å²) in [6, 6.07) is 3.21. The molecule has 0 radical (unpaired) electrons. The first-order valence-corrected chi connectivity index (χ1v) is 6.85. The van der Waals surface area contributed by atoms with E-state index >= 15 is 0 Å². The molecule has 0 spiro atoms. The number of rotatable bonds is 5. The number of carbonyl (C=O) groups is 1. The lowest BCUT2D eigenvalue weighted by molar-refractivity contribution is 0.00335. The summed E-state index contributed by atoms with van der Waals surface area (Å²) in [7, 11) is 0. The van der Waals surface area contributed by atoms with Gasteiger partial charge in [0, 0.05) is 18.8 Å². The van der Waals surface area contributed by atoms with Crippen molar-refractivity contribution in [3.8, 4) is 0 Å². The minimum absolute atomic E-state index is 0.0447. The third-order valence-electron chi connectivity index (χ3n) is 3.28. The first kappa shape index (κ1) is 14.7. The van der Waals surface area contributed by atoms with Crippen LogP contribution in [0.1, 0.15) is 29.4 Å². The molecule has 0 saturated carbocycles. The van der Waals surface area contributed by atoms with Crippen molar-refractivity contribution in [2.75, 3.05) is 31.2 Å². The number of carboxylic acids is 1. The first-order chi connectivity index (χ1) is 9.63. The summed E-state index contributed by atoms with van der Waals surface area (Å²) < 4.78 is 5.40. The zero-order valence-corrected chi connectivity index (χ0v) is 11.6. The van der Waals surface area contributed by atoms with Crippen LogP contribution in [0.4, 0.5) is 5.82 Å². The highest BCUT2D eigenvalue weighted by molar-refractivity contribution is 5.88. The number of hydrogen-bond donors (Lipinski definition) is 2. The molecule has 0 aromatic carbocycles. The number of ether oxygens (including phenoxy) is 1. The Morgan fingerprint density at radius 2 is 2.35 bits per heavy atom. The molecule has 1 aromatic rings. The fraction of sp³-hybridized carbons (Fsp3) is 0.571. The van der Waals surface area contributed by atoms with Gasteiger partial charge in [-0.25, -0.2) is 9.78 Å². The maximum Gasteiger partial charge on any atom is 0.335 e. The summed E-state index contributed by atoms with van der Waals surface area (Å²) in [5.41, 5.74) is 1.04. The zero-order chi connectivity index (χ0) is 14.5. The number of aryl methyl sites for hydroxylation is 1. The van der Waals surface area contributed by atoms with Gasteiger partial charge < -0.3 is 19.8 Å². The van der Waals surface area contributed by atoms with Gasteiger partial charge in [0.25, 0.3) is 0 Å². The molecule has 1 aromatic heterocycles. The predicted molar refractivity (Wildman–Crippen MR) is 74.2 cm³/mol. The Morgan fingerprint density at radius 3 is 3.00 bits per heavy atom. The van der Waals surface area contributed by atoms with E-state index in [4.69, 9.17) is 4.74 Å². The number of pyridine rings is 1. The Bertz CT molecular complexity index is 478. The summed E-state index contributed by atoms with van der Waals surface area (Å²) in [4.78, 5) is 17.7. The molecule has 2 N–H and O–H groups in total. The van der Waals surface area contributed by atoms with Gasteiger partial charge in [0.05, 0.1) is 24.9 Å². The quantitative estimate of drug-likeness (QED) is 0.835. The standard InChI is InChI=1S/C14H20N2O4/c1-2-3-11-6-10(14(18)19)7-13(15-11)16-4-5-20-12(8-16)9-17/h6-7,12,17H,2-5,8-9H2,1H3,(H,18,19). The van der Waals surface area contributed by atoms with Crippen molar-refractivity contribution in [2.45, 2.75) is 25.9 Å². The van der Waals surface area contributed by atoms with Crippen molar-refractivity contribution in [1.82, 2.24) is 4.98 Å². The zero-order valence-electron chi connectivity index (χ0n) is 11.6. The number of aromatic nitrogens is 1. The van der Waals surface area contributed by atoms with Gasteiger partial charge >= 0.3 is 5.97 Å². The van der Waals surface area contributed by atoms with Gasteiger partial charge in [-0.05, 0) is 18.6 Å². The molecule has 0 amide bonds. The number of carboxylic acid groups (broad SMARTS) is 1. The Hall–Kier alpha value is -1.66. The van der Waals surface area contributed by atoms with Gasteiger partial charge in [0.1, 0.15) is 5.82 Å². The molecule has 1 aliphatic heterocycles. The Balaban J connectivity index is 2.27. The molecule has 2 rings (SSSR count). The van der Waals surface area contributed by atoms with Crippen LogP contribution in [0.2, 0.25) is 0 Å². The fourth-order valence-electron chi connectivity index (χ4n) is 2.28. The number of aromatic carboxylic acids is 1. The van der Waals surface area contributed by atoms with Crippen LogP contribution < -0.4 is 4.90 Å². The van der Waals surface area contributed by atoms with Crippen LogP contribution in [0.5, 0.6) is 0 Å². The first-order valence-electron chi connectivity index (χ1n) is 6.85. The molecular formula is C14H20N2O4. The van der Waals surface area contributed by atoms with E-state index in [2.05, 4.69) is 4.98 Å². The second-order valence-corrected chi connectivity index (χ2v) is 4.88. The number of nitrogens with zero attached hydrogens (tertiary/aromatic N) is 2. The van der Waals surface area contributed by atoms with Crippen molar-refractivity contribution in [3.05, 3.63) is 23.4 Å². The van der Waals surface area contributed by atoms with E-state index in [0.717, 1.165) is 18.5 Å². The van der Waals surface area contributed by atoms with Crippen molar-refractivity contribution >= 4 is 11.8 Å². The lowest BCUT2D eigenvalue weighted by Crippen LogP contribution is -2.44. The molecule has 1 saturated heterocycles. The minimum atomic E-state index is -0.946. The minimum Gasteiger partial charge on any atom is -0.478 e. The molecule has 6 heteroatoms. The van der Waals surface area contributed by atoms with Crippen molar-refractivity contribution in [2.24, 2.45) is 0 Å². The largest absolute Gasteiger partial charge is 0.478 e.